The first-order valence-corrected chi connectivity index (χ1v) is 20.7. The van der Waals surface area contributed by atoms with Gasteiger partial charge < -0.3 is 4.90 Å². The molecule has 0 bridgehead atoms. The van der Waals surface area contributed by atoms with Crippen molar-refractivity contribution in [2.24, 2.45) is 0 Å². The summed E-state index contributed by atoms with van der Waals surface area (Å²) in [4.78, 5) is 3.94. The van der Waals surface area contributed by atoms with E-state index in [0.29, 0.717) is 0 Å². The van der Waals surface area contributed by atoms with Gasteiger partial charge in [0.25, 0.3) is 0 Å². The van der Waals surface area contributed by atoms with Crippen LogP contribution in [0.2, 0.25) is 0 Å². The Morgan fingerprint density at radius 1 is 0.439 bits per heavy atom. The molecule has 0 amide bonds. The molecule has 0 N–H and O–H groups in total. The smallest absolute Gasteiger partial charge is 0.0714 e. The summed E-state index contributed by atoms with van der Waals surface area (Å²) in [7, 11) is 0. The van der Waals surface area contributed by atoms with E-state index in [1.165, 1.54) is 76.2 Å². The molecular weight excluding hydrogens is 707 g/mol. The van der Waals surface area contributed by atoms with Crippen LogP contribution >= 0.6 is 11.3 Å². The number of allylic oxidation sites excluding steroid dienone is 1. The Morgan fingerprint density at radius 2 is 1.05 bits per heavy atom. The zero-order valence-electron chi connectivity index (χ0n) is 31.5. The number of anilines is 3. The molecule has 0 saturated carbocycles. The van der Waals surface area contributed by atoms with Gasteiger partial charge in [0, 0.05) is 32.0 Å². The van der Waals surface area contributed by atoms with Crippen molar-refractivity contribution < 1.29 is 0 Å². The van der Waals surface area contributed by atoms with Crippen molar-refractivity contribution >= 4 is 44.6 Å². The Morgan fingerprint density at radius 3 is 1.82 bits per heavy atom. The molecule has 2 aliphatic rings. The Balaban J connectivity index is 1.11. The van der Waals surface area contributed by atoms with E-state index in [0.717, 1.165) is 29.9 Å². The lowest BCUT2D eigenvalue weighted by molar-refractivity contribution is 0.768. The Bertz CT molecular complexity index is 2900. The van der Waals surface area contributed by atoms with Crippen LogP contribution in [0.3, 0.4) is 0 Å². The normalized spacial score (nSPS) is 13.5. The second kappa shape index (κ2) is 13.8. The summed E-state index contributed by atoms with van der Waals surface area (Å²) in [5, 5.41) is 1.37. The molecule has 1 aromatic heterocycles. The van der Waals surface area contributed by atoms with Gasteiger partial charge in [0.05, 0.1) is 5.41 Å². The molecule has 0 atom stereocenters. The number of rotatable bonds is 7. The van der Waals surface area contributed by atoms with E-state index in [1.807, 2.05) is 11.3 Å². The molecule has 1 heterocycles. The number of hydrogen-bond donors (Lipinski definition) is 0. The van der Waals surface area contributed by atoms with Gasteiger partial charge in [0.1, 0.15) is 0 Å². The molecule has 0 fully saturated rings. The van der Waals surface area contributed by atoms with Crippen LogP contribution in [-0.4, -0.2) is 0 Å². The van der Waals surface area contributed by atoms with Gasteiger partial charge in [-0.25, -0.2) is 0 Å². The van der Waals surface area contributed by atoms with Gasteiger partial charge in [-0.3, -0.25) is 0 Å². The molecule has 11 rings (SSSR count). The molecule has 0 saturated heterocycles. The highest BCUT2D eigenvalue weighted by atomic mass is 32.1. The van der Waals surface area contributed by atoms with E-state index in [2.05, 4.69) is 217 Å². The molecular formula is C55H39NS. The first-order valence-electron chi connectivity index (χ1n) is 19.9. The van der Waals surface area contributed by atoms with E-state index in [9.17, 15) is 0 Å². The SMILES string of the molecule is C1=Cc2c(sc3c(-c4ccc(N(c5cccc(-c6ccccc6)c5)c5ccc6c(c5)C(c5ccccc5)(c5ccccc5)c5ccccc5-6)cc4)cccc23)CC1. The highest BCUT2D eigenvalue weighted by Crippen LogP contribution is 2.57. The highest BCUT2D eigenvalue weighted by molar-refractivity contribution is 7.20. The Hall–Kier alpha value is -6.74. The van der Waals surface area contributed by atoms with Crippen molar-refractivity contribution in [3.8, 4) is 33.4 Å². The van der Waals surface area contributed by atoms with Crippen LogP contribution in [0.25, 0.3) is 49.5 Å². The third kappa shape index (κ3) is 5.44. The van der Waals surface area contributed by atoms with E-state index in [4.69, 9.17) is 0 Å². The third-order valence-electron chi connectivity index (χ3n) is 12.0. The van der Waals surface area contributed by atoms with Crippen LogP contribution in [0.5, 0.6) is 0 Å². The Kier molecular flexibility index (Phi) is 8.12. The summed E-state index contributed by atoms with van der Waals surface area (Å²) in [5.41, 5.74) is 16.9. The summed E-state index contributed by atoms with van der Waals surface area (Å²) in [5.74, 6) is 0. The molecule has 9 aromatic rings. The van der Waals surface area contributed by atoms with E-state index in [1.54, 1.807) is 0 Å². The summed E-state index contributed by atoms with van der Waals surface area (Å²) < 4.78 is 1.38. The largest absolute Gasteiger partial charge is 0.310 e. The van der Waals surface area contributed by atoms with Gasteiger partial charge in [0.15, 0.2) is 0 Å². The quantitative estimate of drug-likeness (QED) is 0.157. The van der Waals surface area contributed by atoms with E-state index < -0.39 is 5.41 Å². The first-order chi connectivity index (χ1) is 28.3. The lowest BCUT2D eigenvalue weighted by Gasteiger charge is -2.35. The monoisotopic (exact) mass is 745 g/mol. The molecule has 1 nitrogen and oxygen atoms in total. The third-order valence-corrected chi connectivity index (χ3v) is 13.3. The maximum Gasteiger partial charge on any atom is 0.0714 e. The van der Waals surface area contributed by atoms with E-state index in [-0.39, 0.29) is 0 Å². The van der Waals surface area contributed by atoms with Gasteiger partial charge in [-0.05, 0) is 110 Å². The first kappa shape index (κ1) is 33.6. The number of benzene rings is 8. The predicted octanol–water partition coefficient (Wildman–Crippen LogP) is 15.0. The van der Waals surface area contributed by atoms with Crippen molar-refractivity contribution in [2.45, 2.75) is 18.3 Å². The molecule has 0 spiro atoms. The minimum Gasteiger partial charge on any atom is -0.310 e. The number of thiophene rings is 1. The fourth-order valence-electron chi connectivity index (χ4n) is 9.46. The molecule has 8 aromatic carbocycles. The topological polar surface area (TPSA) is 3.24 Å². The fourth-order valence-corrected chi connectivity index (χ4v) is 10.8. The average molecular weight is 746 g/mol. The molecule has 0 unspecified atom stereocenters. The summed E-state index contributed by atoms with van der Waals surface area (Å²) in [6.45, 7) is 0. The number of aryl methyl sites for hydroxylation is 1. The van der Waals surface area contributed by atoms with Crippen molar-refractivity contribution in [2.75, 3.05) is 4.90 Å². The van der Waals surface area contributed by atoms with Crippen molar-refractivity contribution in [1.82, 2.24) is 0 Å². The van der Waals surface area contributed by atoms with Crippen molar-refractivity contribution in [1.29, 1.82) is 0 Å². The molecule has 0 radical (unpaired) electrons. The number of fused-ring (bicyclic) bond motifs is 6. The van der Waals surface area contributed by atoms with Crippen LogP contribution < -0.4 is 4.90 Å². The van der Waals surface area contributed by atoms with Crippen LogP contribution in [0.4, 0.5) is 17.1 Å². The second-order valence-electron chi connectivity index (χ2n) is 15.1. The second-order valence-corrected chi connectivity index (χ2v) is 16.2. The maximum absolute atomic E-state index is 2.46. The van der Waals surface area contributed by atoms with Crippen molar-refractivity contribution in [3.63, 3.8) is 0 Å². The lowest BCUT2D eigenvalue weighted by Crippen LogP contribution is -2.28. The van der Waals surface area contributed by atoms with Gasteiger partial charge >= 0.3 is 0 Å². The molecule has 270 valence electrons. The zero-order chi connectivity index (χ0) is 37.8. The van der Waals surface area contributed by atoms with Gasteiger partial charge in [-0.2, -0.15) is 0 Å². The molecule has 2 heteroatoms. The lowest BCUT2D eigenvalue weighted by atomic mass is 9.67. The fraction of sp³-hybridized carbons (Fsp3) is 0.0545. The standard InChI is InChI=1S/C55H39NS/c1-4-16-38(17-5-1)40-18-14-23-44(36-40)56(43-32-30-39(31-33-43)46-26-15-27-50-49-25-11-13-29-53(49)57-54(46)50)45-34-35-48-47-24-10-12-28-51(47)55(52(48)37-45,41-19-6-2-7-20-41)42-21-8-3-9-22-42/h1-12,14-28,30-37H,13,29H2. The Labute approximate surface area is 338 Å². The molecule has 2 aliphatic carbocycles. The summed E-state index contributed by atoms with van der Waals surface area (Å²) in [6.07, 6.45) is 6.89. The molecule has 0 aliphatic heterocycles. The average Bonchev–Trinajstić information content (AvgIpc) is 3.82. The van der Waals surface area contributed by atoms with Crippen LogP contribution in [0, 0.1) is 0 Å². The summed E-state index contributed by atoms with van der Waals surface area (Å²) in [6, 6.07) is 74.0. The zero-order valence-corrected chi connectivity index (χ0v) is 32.3. The highest BCUT2D eigenvalue weighted by Gasteiger charge is 2.46. The minimum atomic E-state index is -0.486. The van der Waals surface area contributed by atoms with Crippen LogP contribution in [0.15, 0.2) is 206 Å². The predicted molar refractivity (Wildman–Crippen MR) is 242 cm³/mol. The van der Waals surface area contributed by atoms with Gasteiger partial charge in [0.2, 0.25) is 0 Å². The number of hydrogen-bond acceptors (Lipinski definition) is 2. The van der Waals surface area contributed by atoms with Gasteiger partial charge in [-0.1, -0.05) is 176 Å². The molecule has 57 heavy (non-hydrogen) atoms. The van der Waals surface area contributed by atoms with Gasteiger partial charge in [-0.15, -0.1) is 11.3 Å². The maximum atomic E-state index is 2.46. The minimum absolute atomic E-state index is 0.486. The van der Waals surface area contributed by atoms with E-state index >= 15 is 0 Å². The van der Waals surface area contributed by atoms with Crippen molar-refractivity contribution in [3.05, 3.63) is 239 Å². The van der Waals surface area contributed by atoms with Crippen LogP contribution in [0.1, 0.15) is 39.1 Å². The summed E-state index contributed by atoms with van der Waals surface area (Å²) >= 11 is 1.97. The van der Waals surface area contributed by atoms with Crippen LogP contribution in [-0.2, 0) is 11.8 Å². The number of nitrogens with zero attached hydrogens (tertiary/aromatic N) is 1.